The van der Waals surface area contributed by atoms with E-state index in [-0.39, 0.29) is 0 Å². The van der Waals surface area contributed by atoms with Gasteiger partial charge >= 0.3 is 0 Å². The molecule has 1 fully saturated rings. The predicted octanol–water partition coefficient (Wildman–Crippen LogP) is 0.201. The summed E-state index contributed by atoms with van der Waals surface area (Å²) in [5, 5.41) is 0. The number of quaternary nitrogens is 1. The molecule has 0 bridgehead atoms. The lowest BCUT2D eigenvalue weighted by atomic mass is 10.2. The van der Waals surface area contributed by atoms with E-state index in [1.807, 2.05) is 24.3 Å². The molecular weight excluding hydrogens is 232 g/mol. The van der Waals surface area contributed by atoms with Crippen LogP contribution in [0.15, 0.2) is 24.3 Å². The zero-order valence-electron chi connectivity index (χ0n) is 10.4. The van der Waals surface area contributed by atoms with Crippen LogP contribution in [-0.2, 0) is 0 Å². The van der Waals surface area contributed by atoms with Gasteiger partial charge in [0.15, 0.2) is 0 Å². The number of hydrogen-bond acceptors (Lipinski definition) is 2. The first-order valence-electron chi connectivity index (χ1n) is 5.95. The molecule has 4 heteroatoms. The molecule has 0 radical (unpaired) electrons. The molecule has 17 heavy (non-hydrogen) atoms. The summed E-state index contributed by atoms with van der Waals surface area (Å²) >= 11 is 5.53. The van der Waals surface area contributed by atoms with E-state index in [1.165, 1.54) is 0 Å². The van der Waals surface area contributed by atoms with Crippen molar-refractivity contribution in [1.29, 1.82) is 0 Å². The van der Waals surface area contributed by atoms with Crippen LogP contribution >= 0.6 is 12.2 Å². The van der Waals surface area contributed by atoms with Crippen molar-refractivity contribution in [2.75, 3.05) is 40.3 Å². The molecule has 1 saturated heterocycles. The van der Waals surface area contributed by atoms with E-state index in [2.05, 4.69) is 11.9 Å². The van der Waals surface area contributed by atoms with Crippen LogP contribution in [0, 0.1) is 0 Å². The van der Waals surface area contributed by atoms with Gasteiger partial charge in [0.1, 0.15) is 10.7 Å². The summed E-state index contributed by atoms with van der Waals surface area (Å²) in [7, 11) is 3.91. The quantitative estimate of drug-likeness (QED) is 0.757. The molecule has 0 saturated carbocycles. The van der Waals surface area contributed by atoms with Gasteiger partial charge in [-0.15, -0.1) is 0 Å². The Morgan fingerprint density at radius 3 is 2.35 bits per heavy atom. The summed E-state index contributed by atoms with van der Waals surface area (Å²) in [4.78, 5) is 4.84. The Hall–Kier alpha value is -1.13. The standard InChI is InChI=1S/C13H18N2OS/c1-14-7-9-15(10-8-14)13(17)11-3-5-12(16-2)6-4-11/h3-6H,7-10H2,1-2H3/p+1. The number of likely N-dealkylation sites (N-methyl/N-ethyl adjacent to an activating group) is 1. The molecule has 0 atom stereocenters. The van der Waals surface area contributed by atoms with Crippen molar-refractivity contribution in [3.8, 4) is 5.75 Å². The highest BCUT2D eigenvalue weighted by Crippen LogP contribution is 2.13. The molecule has 1 aliphatic rings. The monoisotopic (exact) mass is 251 g/mol. The summed E-state index contributed by atoms with van der Waals surface area (Å²) in [6, 6.07) is 7.99. The summed E-state index contributed by atoms with van der Waals surface area (Å²) in [5.74, 6) is 0.874. The Balaban J connectivity index is 2.03. The van der Waals surface area contributed by atoms with Crippen molar-refractivity contribution < 1.29 is 9.64 Å². The van der Waals surface area contributed by atoms with Gasteiger partial charge in [-0.3, -0.25) is 0 Å². The number of benzene rings is 1. The molecule has 1 aromatic carbocycles. The zero-order valence-corrected chi connectivity index (χ0v) is 11.2. The highest BCUT2D eigenvalue weighted by atomic mass is 32.1. The molecule has 0 spiro atoms. The Morgan fingerprint density at radius 1 is 1.24 bits per heavy atom. The molecule has 0 unspecified atom stereocenters. The van der Waals surface area contributed by atoms with Crippen LogP contribution < -0.4 is 9.64 Å². The summed E-state index contributed by atoms with van der Waals surface area (Å²) in [6.45, 7) is 4.43. The molecular formula is C13H19N2OS+. The van der Waals surface area contributed by atoms with Crippen molar-refractivity contribution in [3.05, 3.63) is 29.8 Å². The fourth-order valence-electron chi connectivity index (χ4n) is 2.01. The Labute approximate surface area is 108 Å². The molecule has 1 aliphatic heterocycles. The van der Waals surface area contributed by atoms with Crippen molar-refractivity contribution in [2.24, 2.45) is 0 Å². The second kappa shape index (κ2) is 5.47. The third-order valence-corrected chi connectivity index (χ3v) is 3.74. The van der Waals surface area contributed by atoms with Gasteiger partial charge in [0, 0.05) is 5.56 Å². The summed E-state index contributed by atoms with van der Waals surface area (Å²) in [6.07, 6.45) is 0. The highest BCUT2D eigenvalue weighted by molar-refractivity contribution is 7.80. The predicted molar refractivity (Wildman–Crippen MR) is 72.9 cm³/mol. The second-order valence-corrected chi connectivity index (χ2v) is 4.86. The van der Waals surface area contributed by atoms with E-state index in [0.717, 1.165) is 42.5 Å². The van der Waals surface area contributed by atoms with Gasteiger partial charge in [-0.2, -0.15) is 0 Å². The van der Waals surface area contributed by atoms with Crippen LogP contribution in [-0.4, -0.2) is 50.2 Å². The van der Waals surface area contributed by atoms with Gasteiger partial charge in [0.2, 0.25) is 0 Å². The van der Waals surface area contributed by atoms with Gasteiger partial charge < -0.3 is 14.5 Å². The lowest BCUT2D eigenvalue weighted by Crippen LogP contribution is -3.12. The Bertz CT molecular complexity index is 383. The first kappa shape index (κ1) is 12.3. The highest BCUT2D eigenvalue weighted by Gasteiger charge is 2.19. The minimum atomic E-state index is 0.874. The number of thiocarbonyl (C=S) groups is 1. The molecule has 1 N–H and O–H groups in total. The van der Waals surface area contributed by atoms with E-state index >= 15 is 0 Å². The van der Waals surface area contributed by atoms with E-state index in [4.69, 9.17) is 17.0 Å². The fourth-order valence-corrected chi connectivity index (χ4v) is 2.33. The van der Waals surface area contributed by atoms with Gasteiger partial charge in [-0.25, -0.2) is 0 Å². The third kappa shape index (κ3) is 2.96. The van der Waals surface area contributed by atoms with Crippen LogP contribution in [0.2, 0.25) is 0 Å². The first-order valence-corrected chi connectivity index (χ1v) is 6.36. The maximum Gasteiger partial charge on any atom is 0.118 e. The van der Waals surface area contributed by atoms with Crippen molar-refractivity contribution in [1.82, 2.24) is 4.90 Å². The maximum absolute atomic E-state index is 5.53. The molecule has 1 aromatic rings. The minimum Gasteiger partial charge on any atom is -0.497 e. The lowest BCUT2D eigenvalue weighted by molar-refractivity contribution is -0.883. The topological polar surface area (TPSA) is 16.9 Å². The van der Waals surface area contributed by atoms with E-state index in [1.54, 1.807) is 12.0 Å². The second-order valence-electron chi connectivity index (χ2n) is 4.48. The molecule has 0 amide bonds. The van der Waals surface area contributed by atoms with E-state index in [0.29, 0.717) is 0 Å². The van der Waals surface area contributed by atoms with Gasteiger partial charge in [-0.05, 0) is 24.3 Å². The number of piperazine rings is 1. The van der Waals surface area contributed by atoms with Crippen molar-refractivity contribution >= 4 is 17.2 Å². The lowest BCUT2D eigenvalue weighted by Gasteiger charge is -2.32. The zero-order chi connectivity index (χ0) is 12.3. The largest absolute Gasteiger partial charge is 0.497 e. The maximum atomic E-state index is 5.53. The summed E-state index contributed by atoms with van der Waals surface area (Å²) in [5.41, 5.74) is 1.11. The van der Waals surface area contributed by atoms with E-state index in [9.17, 15) is 0 Å². The SMILES string of the molecule is COc1ccc(C(=S)N2CC[NH+](C)CC2)cc1. The Morgan fingerprint density at radius 2 is 1.82 bits per heavy atom. The Kier molecular flexibility index (Phi) is 3.97. The van der Waals surface area contributed by atoms with Gasteiger partial charge in [-0.1, -0.05) is 12.2 Å². The average Bonchev–Trinajstić information content (AvgIpc) is 2.39. The van der Waals surface area contributed by atoms with Gasteiger partial charge in [0.25, 0.3) is 0 Å². The van der Waals surface area contributed by atoms with Crippen molar-refractivity contribution in [3.63, 3.8) is 0 Å². The summed E-state index contributed by atoms with van der Waals surface area (Å²) < 4.78 is 5.15. The van der Waals surface area contributed by atoms with Crippen LogP contribution in [0.3, 0.4) is 0 Å². The number of nitrogens with one attached hydrogen (secondary N) is 1. The van der Waals surface area contributed by atoms with Crippen LogP contribution in [0.5, 0.6) is 5.75 Å². The minimum absolute atomic E-state index is 0.874. The molecule has 0 aromatic heterocycles. The molecule has 1 heterocycles. The molecule has 92 valence electrons. The fraction of sp³-hybridized carbons (Fsp3) is 0.462. The normalized spacial score (nSPS) is 16.9. The van der Waals surface area contributed by atoms with Crippen LogP contribution in [0.4, 0.5) is 0 Å². The van der Waals surface area contributed by atoms with Crippen LogP contribution in [0.25, 0.3) is 0 Å². The van der Waals surface area contributed by atoms with Gasteiger partial charge in [0.05, 0.1) is 40.3 Å². The number of hydrogen-bond donors (Lipinski definition) is 1. The number of ether oxygens (including phenoxy) is 1. The number of rotatable bonds is 2. The van der Waals surface area contributed by atoms with Crippen molar-refractivity contribution in [2.45, 2.75) is 0 Å². The first-order chi connectivity index (χ1) is 8.20. The molecule has 3 nitrogen and oxygen atoms in total. The smallest absolute Gasteiger partial charge is 0.118 e. The third-order valence-electron chi connectivity index (χ3n) is 3.24. The molecule has 2 rings (SSSR count). The number of methoxy groups -OCH3 is 1. The average molecular weight is 251 g/mol. The number of nitrogens with zero attached hydrogens (tertiary/aromatic N) is 1. The van der Waals surface area contributed by atoms with Crippen LogP contribution in [0.1, 0.15) is 5.56 Å². The van der Waals surface area contributed by atoms with E-state index < -0.39 is 0 Å². The molecule has 0 aliphatic carbocycles.